The molecule has 1 aliphatic heterocycles. The van der Waals surface area contributed by atoms with Crippen LogP contribution in [-0.2, 0) is 0 Å². The Bertz CT molecular complexity index is 204. The van der Waals surface area contributed by atoms with Gasteiger partial charge in [0.2, 0.25) is 0 Å². The van der Waals surface area contributed by atoms with E-state index < -0.39 is 5.92 Å². The van der Waals surface area contributed by atoms with Crippen LogP contribution in [0.25, 0.3) is 0 Å². The topological polar surface area (TPSA) is 24.4 Å². The third kappa shape index (κ3) is 2.16. The number of hydrogen-bond donors (Lipinski definition) is 1. The van der Waals surface area contributed by atoms with Crippen LogP contribution in [0.3, 0.4) is 0 Å². The van der Waals surface area contributed by atoms with Gasteiger partial charge in [-0.05, 0) is 0 Å². The zero-order valence-electron chi connectivity index (χ0n) is 7.62. The van der Waals surface area contributed by atoms with Crippen LogP contribution < -0.4 is 5.32 Å². The molecule has 0 aliphatic carbocycles. The molecule has 0 saturated carbocycles. The van der Waals surface area contributed by atoms with Gasteiger partial charge < -0.3 is 5.32 Å². The van der Waals surface area contributed by atoms with Crippen LogP contribution in [0.4, 0.5) is 8.78 Å². The lowest BCUT2D eigenvalue weighted by Gasteiger charge is -2.29. The summed E-state index contributed by atoms with van der Waals surface area (Å²) in [6.07, 6.45) is 0. The first kappa shape index (κ1) is 9.42. The molecule has 1 N–H and O–H groups in total. The second-order valence-corrected chi connectivity index (χ2v) is 4.12. The van der Waals surface area contributed by atoms with Gasteiger partial charge in [-0.3, -0.25) is 4.99 Å². The van der Waals surface area contributed by atoms with Crippen molar-refractivity contribution in [2.24, 2.45) is 10.4 Å². The van der Waals surface area contributed by atoms with Gasteiger partial charge in [-0.15, -0.1) is 0 Å². The molecule has 12 heavy (non-hydrogen) atoms. The fourth-order valence-electron chi connectivity index (χ4n) is 1.02. The highest BCUT2D eigenvalue weighted by Gasteiger charge is 2.34. The van der Waals surface area contributed by atoms with Gasteiger partial charge in [-0.1, -0.05) is 20.8 Å². The van der Waals surface area contributed by atoms with E-state index in [9.17, 15) is 8.78 Å². The molecule has 0 bridgehead atoms. The van der Waals surface area contributed by atoms with Crippen molar-refractivity contribution in [3.63, 3.8) is 0 Å². The van der Waals surface area contributed by atoms with E-state index in [0.29, 0.717) is 5.84 Å². The van der Waals surface area contributed by atoms with Gasteiger partial charge in [0.25, 0.3) is 5.92 Å². The third-order valence-electron chi connectivity index (χ3n) is 1.69. The monoisotopic (exact) mass is 176 g/mol. The highest BCUT2D eigenvalue weighted by molar-refractivity contribution is 5.87. The van der Waals surface area contributed by atoms with Gasteiger partial charge in [-0.25, -0.2) is 8.78 Å². The summed E-state index contributed by atoms with van der Waals surface area (Å²) < 4.78 is 25.2. The van der Waals surface area contributed by atoms with Gasteiger partial charge in [0.15, 0.2) is 0 Å². The Labute approximate surface area is 71.1 Å². The number of nitrogens with one attached hydrogen (secondary N) is 1. The molecule has 70 valence electrons. The fourth-order valence-corrected chi connectivity index (χ4v) is 1.02. The molecule has 0 spiro atoms. The largest absolute Gasteiger partial charge is 0.367 e. The fraction of sp³-hybridized carbons (Fsp3) is 0.875. The quantitative estimate of drug-likeness (QED) is 0.596. The Hall–Kier alpha value is -0.670. The average Bonchev–Trinajstić information content (AvgIpc) is 1.83. The van der Waals surface area contributed by atoms with E-state index in [4.69, 9.17) is 0 Å². The SMILES string of the molecule is CC(C)(C)C1=NCC(F)(F)CN1. The summed E-state index contributed by atoms with van der Waals surface area (Å²) in [6.45, 7) is 5.17. The van der Waals surface area contributed by atoms with Crippen molar-refractivity contribution in [3.8, 4) is 0 Å². The Morgan fingerprint density at radius 2 is 2.00 bits per heavy atom. The number of alkyl halides is 2. The summed E-state index contributed by atoms with van der Waals surface area (Å²) in [5.41, 5.74) is -0.156. The van der Waals surface area contributed by atoms with Gasteiger partial charge in [0.1, 0.15) is 12.4 Å². The zero-order chi connectivity index (χ0) is 9.41. The smallest absolute Gasteiger partial charge is 0.284 e. The molecule has 2 nitrogen and oxygen atoms in total. The number of aliphatic imine (C=N–C) groups is 1. The lowest BCUT2D eigenvalue weighted by atomic mass is 9.94. The van der Waals surface area contributed by atoms with Crippen molar-refractivity contribution in [1.82, 2.24) is 5.32 Å². The number of hydrogen-bond acceptors (Lipinski definition) is 2. The average molecular weight is 176 g/mol. The van der Waals surface area contributed by atoms with Crippen molar-refractivity contribution in [2.45, 2.75) is 26.7 Å². The summed E-state index contributed by atoms with van der Waals surface area (Å²) in [5, 5.41) is 2.65. The minimum absolute atomic E-state index is 0.156. The van der Waals surface area contributed by atoms with Gasteiger partial charge >= 0.3 is 0 Å². The van der Waals surface area contributed by atoms with Crippen LogP contribution >= 0.6 is 0 Å². The lowest BCUT2D eigenvalue weighted by molar-refractivity contribution is 0.0114. The first-order valence-corrected chi connectivity index (χ1v) is 3.98. The number of nitrogens with zero attached hydrogens (tertiary/aromatic N) is 1. The Kier molecular flexibility index (Phi) is 2.10. The maximum atomic E-state index is 12.6. The lowest BCUT2D eigenvalue weighted by Crippen LogP contribution is -2.48. The molecule has 0 saturated heterocycles. The van der Waals surface area contributed by atoms with E-state index >= 15 is 0 Å². The zero-order valence-corrected chi connectivity index (χ0v) is 7.62. The van der Waals surface area contributed by atoms with Crippen molar-refractivity contribution in [2.75, 3.05) is 13.1 Å². The maximum Gasteiger partial charge on any atom is 0.284 e. The van der Waals surface area contributed by atoms with E-state index in [2.05, 4.69) is 10.3 Å². The predicted molar refractivity (Wildman–Crippen MR) is 44.7 cm³/mol. The van der Waals surface area contributed by atoms with Crippen molar-refractivity contribution in [1.29, 1.82) is 0 Å². The molecule has 0 aromatic rings. The molecule has 0 aromatic carbocycles. The van der Waals surface area contributed by atoms with Crippen LogP contribution in [0.5, 0.6) is 0 Å². The second kappa shape index (κ2) is 2.68. The van der Waals surface area contributed by atoms with Crippen LogP contribution in [0, 0.1) is 5.41 Å². The highest BCUT2D eigenvalue weighted by Crippen LogP contribution is 2.21. The van der Waals surface area contributed by atoms with E-state index in [1.165, 1.54) is 0 Å². The van der Waals surface area contributed by atoms with Crippen molar-refractivity contribution in [3.05, 3.63) is 0 Å². The molecule has 0 unspecified atom stereocenters. The van der Waals surface area contributed by atoms with Crippen LogP contribution in [0.1, 0.15) is 20.8 Å². The minimum atomic E-state index is -2.67. The van der Waals surface area contributed by atoms with Crippen LogP contribution in [0.2, 0.25) is 0 Å². The van der Waals surface area contributed by atoms with Crippen LogP contribution in [-0.4, -0.2) is 24.8 Å². The molecule has 4 heteroatoms. The summed E-state index contributed by atoms with van der Waals surface area (Å²) in [6, 6.07) is 0. The number of rotatable bonds is 0. The summed E-state index contributed by atoms with van der Waals surface area (Å²) in [4.78, 5) is 3.81. The molecule has 0 radical (unpaired) electrons. The minimum Gasteiger partial charge on any atom is -0.367 e. The number of amidine groups is 1. The van der Waals surface area contributed by atoms with Crippen LogP contribution in [0.15, 0.2) is 4.99 Å². The van der Waals surface area contributed by atoms with Gasteiger partial charge in [0.05, 0.1) is 6.54 Å². The van der Waals surface area contributed by atoms with E-state index in [1.807, 2.05) is 20.8 Å². The molecule has 0 amide bonds. The van der Waals surface area contributed by atoms with E-state index in [-0.39, 0.29) is 18.5 Å². The first-order valence-electron chi connectivity index (χ1n) is 3.98. The summed E-state index contributed by atoms with van der Waals surface area (Å²) >= 11 is 0. The third-order valence-corrected chi connectivity index (χ3v) is 1.69. The maximum absolute atomic E-state index is 12.6. The molecule has 0 atom stereocenters. The first-order chi connectivity index (χ1) is 5.31. The Balaban J connectivity index is 2.69. The van der Waals surface area contributed by atoms with Gasteiger partial charge in [0, 0.05) is 5.41 Å². The van der Waals surface area contributed by atoms with E-state index in [1.54, 1.807) is 0 Å². The second-order valence-electron chi connectivity index (χ2n) is 4.12. The molecular formula is C8H14F2N2. The Morgan fingerprint density at radius 3 is 2.33 bits per heavy atom. The van der Waals surface area contributed by atoms with Crippen molar-refractivity contribution >= 4 is 5.84 Å². The standard InChI is InChI=1S/C8H14F2N2/c1-7(2,3)6-11-4-8(9,10)5-12-6/h4-5H2,1-3H3,(H,11,12). The van der Waals surface area contributed by atoms with Crippen molar-refractivity contribution < 1.29 is 8.78 Å². The molecule has 1 heterocycles. The highest BCUT2D eigenvalue weighted by atomic mass is 19.3. The molecule has 1 aliphatic rings. The molecule has 0 aromatic heterocycles. The normalized spacial score (nSPS) is 22.9. The number of halogens is 2. The summed E-state index contributed by atoms with van der Waals surface area (Å²) in [7, 11) is 0. The molecular weight excluding hydrogens is 162 g/mol. The van der Waals surface area contributed by atoms with Gasteiger partial charge in [-0.2, -0.15) is 0 Å². The molecule has 1 rings (SSSR count). The predicted octanol–water partition coefficient (Wildman–Crippen LogP) is 1.67. The Morgan fingerprint density at radius 1 is 1.42 bits per heavy atom. The molecule has 0 fully saturated rings. The summed E-state index contributed by atoms with van der Waals surface area (Å²) in [5.74, 6) is -2.00. The van der Waals surface area contributed by atoms with E-state index in [0.717, 1.165) is 0 Å².